The van der Waals surface area contributed by atoms with Gasteiger partial charge in [0.15, 0.2) is 11.5 Å². The Morgan fingerprint density at radius 2 is 1.97 bits per heavy atom. The van der Waals surface area contributed by atoms with Gasteiger partial charge in [0.2, 0.25) is 0 Å². The summed E-state index contributed by atoms with van der Waals surface area (Å²) in [6.45, 7) is 4.08. The zero-order valence-electron chi connectivity index (χ0n) is 18.1. The van der Waals surface area contributed by atoms with Crippen LogP contribution in [-0.2, 0) is 12.8 Å². The number of ether oxygens (including phenoxy) is 2. The smallest absolute Gasteiger partial charge is 0.259 e. The topological polar surface area (TPSA) is 59.9 Å². The first-order valence-electron chi connectivity index (χ1n) is 10.7. The highest BCUT2D eigenvalue weighted by Crippen LogP contribution is 2.40. The van der Waals surface area contributed by atoms with Crippen molar-refractivity contribution in [3.8, 4) is 11.5 Å². The number of thiophene rings is 1. The lowest BCUT2D eigenvalue weighted by Crippen LogP contribution is -2.14. The summed E-state index contributed by atoms with van der Waals surface area (Å²) in [6.07, 6.45) is 7.57. The molecule has 0 saturated carbocycles. The average Bonchev–Trinajstić information content (AvgIpc) is 3.20. The molecule has 1 aliphatic rings. The summed E-state index contributed by atoms with van der Waals surface area (Å²) in [5.74, 6) is 1.12. The zero-order chi connectivity index (χ0) is 22.3. The minimum atomic E-state index is -0.114. The number of carbonyl (C=O) groups excluding carboxylic acids is 1. The number of amides is 1. The largest absolute Gasteiger partial charge is 0.493 e. The van der Waals surface area contributed by atoms with Crippen LogP contribution in [0.3, 0.4) is 0 Å². The van der Waals surface area contributed by atoms with E-state index in [4.69, 9.17) is 14.5 Å². The Hall–Kier alpha value is -3.38. The monoisotopic (exact) mass is 446 g/mol. The molecule has 2 aromatic carbocycles. The first-order chi connectivity index (χ1) is 15.7. The lowest BCUT2D eigenvalue weighted by atomic mass is 9.95. The number of carbonyl (C=O) groups is 1. The van der Waals surface area contributed by atoms with E-state index in [1.807, 2.05) is 48.5 Å². The molecular formula is C26H26N2O3S. The zero-order valence-corrected chi connectivity index (χ0v) is 18.9. The van der Waals surface area contributed by atoms with Gasteiger partial charge in [-0.05, 0) is 55.5 Å². The third-order valence-electron chi connectivity index (χ3n) is 5.31. The Labute approximate surface area is 192 Å². The van der Waals surface area contributed by atoms with Crippen molar-refractivity contribution in [3.63, 3.8) is 0 Å². The number of nitrogens with one attached hydrogen (secondary N) is 1. The number of rotatable bonds is 8. The SMILES string of the molecule is C=CCOc1c(C=Nc2sc3c(c2C(=O)Nc2ccccc2)CCCC3)cccc1OC. The second-order valence-corrected chi connectivity index (χ2v) is 8.53. The van der Waals surface area contributed by atoms with Gasteiger partial charge in [0, 0.05) is 22.3 Å². The van der Waals surface area contributed by atoms with E-state index in [2.05, 4.69) is 11.9 Å². The van der Waals surface area contributed by atoms with Crippen molar-refractivity contribution in [2.24, 2.45) is 4.99 Å². The molecule has 0 spiro atoms. The number of fused-ring (bicyclic) bond motifs is 1. The lowest BCUT2D eigenvalue weighted by Gasteiger charge is -2.13. The van der Waals surface area contributed by atoms with Gasteiger partial charge in [-0.25, -0.2) is 4.99 Å². The van der Waals surface area contributed by atoms with Crippen LogP contribution in [0, 0.1) is 0 Å². The van der Waals surface area contributed by atoms with Crippen LogP contribution in [0.2, 0.25) is 0 Å². The Kier molecular flexibility index (Phi) is 7.02. The van der Waals surface area contributed by atoms with Gasteiger partial charge in [0.05, 0.1) is 12.7 Å². The van der Waals surface area contributed by atoms with Crippen LogP contribution in [0.5, 0.6) is 11.5 Å². The Bertz CT molecular complexity index is 1140. The number of aryl methyl sites for hydroxylation is 1. The molecule has 4 rings (SSSR count). The van der Waals surface area contributed by atoms with Crippen LogP contribution in [0.1, 0.15) is 39.2 Å². The Balaban J connectivity index is 1.70. The van der Waals surface area contributed by atoms with Crippen LogP contribution in [0.4, 0.5) is 10.7 Å². The summed E-state index contributed by atoms with van der Waals surface area (Å²) in [5, 5.41) is 3.75. The van der Waals surface area contributed by atoms with E-state index < -0.39 is 0 Å². The van der Waals surface area contributed by atoms with Gasteiger partial charge < -0.3 is 14.8 Å². The highest BCUT2D eigenvalue weighted by atomic mass is 32.1. The summed E-state index contributed by atoms with van der Waals surface area (Å²) in [5.41, 5.74) is 3.37. The predicted molar refractivity (Wildman–Crippen MR) is 131 cm³/mol. The molecule has 0 radical (unpaired) electrons. The van der Waals surface area contributed by atoms with E-state index in [0.717, 1.165) is 47.5 Å². The molecule has 0 fully saturated rings. The van der Waals surface area contributed by atoms with Crippen LogP contribution >= 0.6 is 11.3 Å². The number of hydrogen-bond donors (Lipinski definition) is 1. The van der Waals surface area contributed by atoms with Gasteiger partial charge in [0.1, 0.15) is 11.6 Å². The van der Waals surface area contributed by atoms with Crippen LogP contribution in [-0.4, -0.2) is 25.8 Å². The van der Waals surface area contributed by atoms with E-state index in [1.54, 1.807) is 30.7 Å². The van der Waals surface area contributed by atoms with Crippen molar-refractivity contribution in [1.82, 2.24) is 0 Å². The fourth-order valence-corrected chi connectivity index (χ4v) is 5.04. The highest BCUT2D eigenvalue weighted by Gasteiger charge is 2.25. The number of hydrogen-bond acceptors (Lipinski definition) is 5. The number of anilines is 1. The molecular weight excluding hydrogens is 420 g/mol. The maximum atomic E-state index is 13.3. The first kappa shape index (κ1) is 21.8. The van der Waals surface area contributed by atoms with Gasteiger partial charge in [0.25, 0.3) is 5.91 Å². The summed E-state index contributed by atoms with van der Waals surface area (Å²) in [6, 6.07) is 15.2. The molecule has 1 aromatic heterocycles. The lowest BCUT2D eigenvalue weighted by molar-refractivity contribution is 0.102. The second kappa shape index (κ2) is 10.3. The predicted octanol–water partition coefficient (Wildman–Crippen LogP) is 6.20. The standard InChI is InChI=1S/C26H26N2O3S/c1-3-16-31-24-18(10-9-14-21(24)30-2)17-27-26-23(20-13-7-8-15-22(20)32-26)25(29)28-19-11-5-4-6-12-19/h3-6,9-12,14,17H,1,7-8,13,15-16H2,2H3,(H,28,29). The molecule has 5 nitrogen and oxygen atoms in total. The van der Waals surface area contributed by atoms with E-state index in [0.29, 0.717) is 23.7 Å². The fraction of sp³-hybridized carbons (Fsp3) is 0.231. The summed E-state index contributed by atoms with van der Waals surface area (Å²) < 4.78 is 11.3. The molecule has 1 heterocycles. The van der Waals surface area contributed by atoms with E-state index in [1.165, 1.54) is 4.88 Å². The Morgan fingerprint density at radius 3 is 2.75 bits per heavy atom. The minimum absolute atomic E-state index is 0.114. The Morgan fingerprint density at radius 1 is 1.16 bits per heavy atom. The van der Waals surface area contributed by atoms with Gasteiger partial charge in [-0.2, -0.15) is 0 Å². The summed E-state index contributed by atoms with van der Waals surface area (Å²) in [7, 11) is 1.61. The molecule has 0 unspecified atom stereocenters. The molecule has 1 N–H and O–H groups in total. The third-order valence-corrected chi connectivity index (χ3v) is 6.51. The average molecular weight is 447 g/mol. The quantitative estimate of drug-likeness (QED) is 0.331. The van der Waals surface area contributed by atoms with Gasteiger partial charge in [-0.15, -0.1) is 11.3 Å². The summed E-state index contributed by atoms with van der Waals surface area (Å²) >= 11 is 1.61. The van der Waals surface area contributed by atoms with Crippen LogP contribution < -0.4 is 14.8 Å². The number of aliphatic imine (C=N–C) groups is 1. The highest BCUT2D eigenvalue weighted by molar-refractivity contribution is 7.16. The summed E-state index contributed by atoms with van der Waals surface area (Å²) in [4.78, 5) is 19.3. The number of benzene rings is 2. The molecule has 0 saturated heterocycles. The maximum Gasteiger partial charge on any atom is 0.259 e. The first-order valence-corrected chi connectivity index (χ1v) is 11.5. The van der Waals surface area contributed by atoms with Crippen LogP contribution in [0.25, 0.3) is 0 Å². The number of nitrogens with zero attached hydrogens (tertiary/aromatic N) is 1. The van der Waals surface area contributed by atoms with Gasteiger partial charge >= 0.3 is 0 Å². The molecule has 1 aliphatic carbocycles. The van der Waals surface area contributed by atoms with Crippen molar-refractivity contribution in [2.45, 2.75) is 25.7 Å². The van der Waals surface area contributed by atoms with Crippen molar-refractivity contribution >= 4 is 34.1 Å². The molecule has 3 aromatic rings. The minimum Gasteiger partial charge on any atom is -0.493 e. The number of para-hydroxylation sites is 2. The van der Waals surface area contributed by atoms with Crippen molar-refractivity contribution in [2.75, 3.05) is 19.0 Å². The van der Waals surface area contributed by atoms with E-state index in [9.17, 15) is 4.79 Å². The van der Waals surface area contributed by atoms with Gasteiger partial charge in [-0.3, -0.25) is 4.79 Å². The molecule has 164 valence electrons. The maximum absolute atomic E-state index is 13.3. The second-order valence-electron chi connectivity index (χ2n) is 7.45. The van der Waals surface area contributed by atoms with E-state index in [-0.39, 0.29) is 5.91 Å². The van der Waals surface area contributed by atoms with E-state index >= 15 is 0 Å². The molecule has 32 heavy (non-hydrogen) atoms. The third kappa shape index (κ3) is 4.75. The molecule has 0 bridgehead atoms. The van der Waals surface area contributed by atoms with Gasteiger partial charge in [-0.1, -0.05) is 36.9 Å². The number of methoxy groups -OCH3 is 1. The molecule has 0 aliphatic heterocycles. The van der Waals surface area contributed by atoms with Crippen molar-refractivity contribution in [3.05, 3.63) is 82.8 Å². The van der Waals surface area contributed by atoms with Crippen molar-refractivity contribution < 1.29 is 14.3 Å². The molecule has 6 heteroatoms. The molecule has 0 atom stereocenters. The fourth-order valence-electron chi connectivity index (χ4n) is 3.81. The van der Waals surface area contributed by atoms with Crippen LogP contribution in [0.15, 0.2) is 66.2 Å². The molecule has 1 amide bonds. The van der Waals surface area contributed by atoms with Crippen molar-refractivity contribution in [1.29, 1.82) is 0 Å². The normalized spacial score (nSPS) is 12.9.